The van der Waals surface area contributed by atoms with Crippen molar-refractivity contribution in [3.63, 3.8) is 0 Å². The average molecular weight is 390 g/mol. The maximum Gasteiger partial charge on any atom is 0.278 e. The van der Waals surface area contributed by atoms with Gasteiger partial charge in [0.05, 0.1) is 11.4 Å². The Hall–Kier alpha value is -3.15. The Bertz CT molecular complexity index is 970. The molecule has 6 nitrogen and oxygen atoms in total. The maximum atomic E-state index is 12.7. The van der Waals surface area contributed by atoms with Crippen LogP contribution in [0.3, 0.4) is 0 Å². The molecule has 1 saturated carbocycles. The summed E-state index contributed by atoms with van der Waals surface area (Å²) >= 11 is 0. The quantitative estimate of drug-likeness (QED) is 0.652. The van der Waals surface area contributed by atoms with Gasteiger partial charge in [-0.2, -0.15) is 0 Å². The summed E-state index contributed by atoms with van der Waals surface area (Å²) in [5, 5.41) is 14.8. The van der Waals surface area contributed by atoms with Gasteiger partial charge in [-0.3, -0.25) is 4.79 Å². The van der Waals surface area contributed by atoms with Gasteiger partial charge in [0, 0.05) is 17.4 Å². The van der Waals surface area contributed by atoms with E-state index < -0.39 is 0 Å². The van der Waals surface area contributed by atoms with E-state index in [2.05, 4.69) is 20.9 Å². The van der Waals surface area contributed by atoms with E-state index in [9.17, 15) is 4.79 Å². The fourth-order valence-corrected chi connectivity index (χ4v) is 3.79. The van der Waals surface area contributed by atoms with E-state index in [1.807, 2.05) is 62.4 Å². The highest BCUT2D eigenvalue weighted by Gasteiger charge is 2.18. The summed E-state index contributed by atoms with van der Waals surface area (Å²) in [6.45, 7) is 3.89. The lowest BCUT2D eigenvalue weighted by Crippen LogP contribution is -2.22. The van der Waals surface area contributed by atoms with Gasteiger partial charge in [-0.1, -0.05) is 42.2 Å². The molecule has 1 fully saturated rings. The van der Waals surface area contributed by atoms with Crippen molar-refractivity contribution in [2.45, 2.75) is 52.0 Å². The number of aryl methyl sites for hydroxylation is 1. The van der Waals surface area contributed by atoms with Gasteiger partial charge in [0.15, 0.2) is 5.69 Å². The molecule has 1 aromatic heterocycles. The first-order valence-corrected chi connectivity index (χ1v) is 10.3. The monoisotopic (exact) mass is 389 g/mol. The van der Waals surface area contributed by atoms with E-state index in [0.29, 0.717) is 17.4 Å². The zero-order valence-electron chi connectivity index (χ0n) is 17.0. The molecular formula is C23H27N5O. The molecule has 1 aliphatic rings. The third-order valence-corrected chi connectivity index (χ3v) is 5.51. The van der Waals surface area contributed by atoms with Crippen molar-refractivity contribution >= 4 is 17.3 Å². The van der Waals surface area contributed by atoms with Gasteiger partial charge in [-0.15, -0.1) is 5.10 Å². The molecule has 2 N–H and O–H groups in total. The van der Waals surface area contributed by atoms with E-state index in [-0.39, 0.29) is 5.91 Å². The number of aromatic nitrogens is 3. The van der Waals surface area contributed by atoms with Crippen molar-refractivity contribution < 1.29 is 4.79 Å². The number of carbonyl (C=O) groups is 1. The number of nitrogens with zero attached hydrogens (tertiary/aromatic N) is 3. The van der Waals surface area contributed by atoms with E-state index >= 15 is 0 Å². The normalized spacial score (nSPS) is 14.6. The Morgan fingerprint density at radius 2 is 1.59 bits per heavy atom. The molecule has 0 spiro atoms. The second-order valence-corrected chi connectivity index (χ2v) is 7.78. The summed E-state index contributed by atoms with van der Waals surface area (Å²) in [5.74, 6) is -0.256. The molecule has 150 valence electrons. The number of amides is 1. The molecule has 0 bridgehead atoms. The van der Waals surface area contributed by atoms with Gasteiger partial charge in [-0.25, -0.2) is 4.68 Å². The van der Waals surface area contributed by atoms with Crippen LogP contribution in [0, 0.1) is 13.8 Å². The van der Waals surface area contributed by atoms with Gasteiger partial charge in [0.25, 0.3) is 5.91 Å². The minimum atomic E-state index is -0.256. The predicted octanol–water partition coefficient (Wildman–Crippen LogP) is 4.88. The van der Waals surface area contributed by atoms with Crippen LogP contribution in [-0.2, 0) is 0 Å². The summed E-state index contributed by atoms with van der Waals surface area (Å²) in [6, 6.07) is 16.4. The molecule has 4 rings (SSSR count). The van der Waals surface area contributed by atoms with Gasteiger partial charge in [0.1, 0.15) is 0 Å². The third-order valence-electron chi connectivity index (χ3n) is 5.51. The lowest BCUT2D eigenvalue weighted by molar-refractivity contribution is 0.102. The van der Waals surface area contributed by atoms with Crippen molar-refractivity contribution in [1.29, 1.82) is 0 Å². The Morgan fingerprint density at radius 3 is 2.28 bits per heavy atom. The molecule has 0 aliphatic heterocycles. The van der Waals surface area contributed by atoms with Crippen LogP contribution in [0.2, 0.25) is 0 Å². The first kappa shape index (κ1) is 19.2. The van der Waals surface area contributed by atoms with Crippen LogP contribution in [-0.4, -0.2) is 26.9 Å². The standard InChI is InChI=1S/C23H27N5O/c1-16-8-14-21(15-9-16)28-17(2)22(26-27-28)23(29)25-20-12-10-19(11-13-20)24-18-6-4-3-5-7-18/h8-15,18,24H,3-7H2,1-2H3,(H,25,29). The fraction of sp³-hybridized carbons (Fsp3) is 0.348. The second kappa shape index (κ2) is 8.47. The highest BCUT2D eigenvalue weighted by atomic mass is 16.2. The number of benzene rings is 2. The Balaban J connectivity index is 1.42. The SMILES string of the molecule is Cc1ccc(-n2nnc(C(=O)Nc3ccc(NC4CCCCC4)cc3)c2C)cc1. The van der Waals surface area contributed by atoms with Crippen molar-refractivity contribution in [3.8, 4) is 5.69 Å². The second-order valence-electron chi connectivity index (χ2n) is 7.78. The van der Waals surface area contributed by atoms with Crippen molar-refractivity contribution in [3.05, 3.63) is 65.5 Å². The Labute approximate surface area is 171 Å². The number of carbonyl (C=O) groups excluding carboxylic acids is 1. The Morgan fingerprint density at radius 1 is 0.931 bits per heavy atom. The number of nitrogens with one attached hydrogen (secondary N) is 2. The van der Waals surface area contributed by atoms with Crippen LogP contribution in [0.15, 0.2) is 48.5 Å². The Kier molecular flexibility index (Phi) is 5.60. The predicted molar refractivity (Wildman–Crippen MR) is 116 cm³/mol. The van der Waals surface area contributed by atoms with E-state index in [1.165, 1.54) is 37.7 Å². The van der Waals surface area contributed by atoms with E-state index in [4.69, 9.17) is 0 Å². The highest BCUT2D eigenvalue weighted by molar-refractivity contribution is 6.03. The molecule has 6 heteroatoms. The van der Waals surface area contributed by atoms with Crippen LogP contribution < -0.4 is 10.6 Å². The minimum absolute atomic E-state index is 0.256. The topological polar surface area (TPSA) is 71.8 Å². The minimum Gasteiger partial charge on any atom is -0.382 e. The summed E-state index contributed by atoms with van der Waals surface area (Å²) in [5.41, 5.74) is 4.94. The van der Waals surface area contributed by atoms with Crippen molar-refractivity contribution in [1.82, 2.24) is 15.0 Å². The molecular weight excluding hydrogens is 362 g/mol. The number of rotatable bonds is 5. The first-order chi connectivity index (χ1) is 14.1. The first-order valence-electron chi connectivity index (χ1n) is 10.3. The molecule has 1 aliphatic carbocycles. The fourth-order valence-electron chi connectivity index (χ4n) is 3.79. The lowest BCUT2D eigenvalue weighted by atomic mass is 9.95. The smallest absolute Gasteiger partial charge is 0.278 e. The van der Waals surface area contributed by atoms with Crippen LogP contribution in [0.5, 0.6) is 0 Å². The van der Waals surface area contributed by atoms with E-state index in [1.54, 1.807) is 4.68 Å². The van der Waals surface area contributed by atoms with Crippen LogP contribution in [0.1, 0.15) is 53.8 Å². The molecule has 29 heavy (non-hydrogen) atoms. The van der Waals surface area contributed by atoms with Crippen LogP contribution in [0.4, 0.5) is 11.4 Å². The summed E-state index contributed by atoms with van der Waals surface area (Å²) in [7, 11) is 0. The molecule has 0 saturated heterocycles. The molecule has 0 radical (unpaired) electrons. The molecule has 0 atom stereocenters. The zero-order chi connectivity index (χ0) is 20.2. The molecule has 3 aromatic rings. The summed E-state index contributed by atoms with van der Waals surface area (Å²) < 4.78 is 1.69. The molecule has 2 aromatic carbocycles. The highest BCUT2D eigenvalue weighted by Crippen LogP contribution is 2.23. The molecule has 1 heterocycles. The van der Waals surface area contributed by atoms with Gasteiger partial charge in [-0.05, 0) is 63.1 Å². The molecule has 0 unspecified atom stereocenters. The van der Waals surface area contributed by atoms with Gasteiger partial charge >= 0.3 is 0 Å². The van der Waals surface area contributed by atoms with Crippen molar-refractivity contribution in [2.24, 2.45) is 0 Å². The number of hydrogen-bond acceptors (Lipinski definition) is 4. The van der Waals surface area contributed by atoms with Crippen LogP contribution in [0.25, 0.3) is 5.69 Å². The summed E-state index contributed by atoms with van der Waals surface area (Å²) in [4.78, 5) is 12.7. The number of hydrogen-bond donors (Lipinski definition) is 2. The van der Waals surface area contributed by atoms with E-state index in [0.717, 1.165) is 17.1 Å². The zero-order valence-corrected chi connectivity index (χ0v) is 17.0. The van der Waals surface area contributed by atoms with Crippen LogP contribution >= 0.6 is 0 Å². The lowest BCUT2D eigenvalue weighted by Gasteiger charge is -2.23. The van der Waals surface area contributed by atoms with Crippen molar-refractivity contribution in [2.75, 3.05) is 10.6 Å². The largest absolute Gasteiger partial charge is 0.382 e. The molecule has 1 amide bonds. The maximum absolute atomic E-state index is 12.7. The average Bonchev–Trinajstić information content (AvgIpc) is 3.12. The number of anilines is 2. The van der Waals surface area contributed by atoms with Gasteiger partial charge < -0.3 is 10.6 Å². The van der Waals surface area contributed by atoms with Gasteiger partial charge in [0.2, 0.25) is 0 Å². The third kappa shape index (κ3) is 4.47. The summed E-state index contributed by atoms with van der Waals surface area (Å²) in [6.07, 6.45) is 6.41.